The molecule has 4 rings (SSSR count). The van der Waals surface area contributed by atoms with Gasteiger partial charge in [0.05, 0.1) is 16.7 Å². The zero-order chi connectivity index (χ0) is 19.3. The first-order valence-corrected chi connectivity index (χ1v) is 11.1. The third kappa shape index (κ3) is 4.52. The molecule has 0 spiro atoms. The van der Waals surface area contributed by atoms with Crippen molar-refractivity contribution < 1.29 is 0 Å². The predicted molar refractivity (Wildman–Crippen MR) is 118 cm³/mol. The van der Waals surface area contributed by atoms with Crippen molar-refractivity contribution in [3.8, 4) is 0 Å². The Kier molecular flexibility index (Phi) is 6.20. The fourth-order valence-corrected chi connectivity index (χ4v) is 4.78. The molecular weight excluding hydrogens is 362 g/mol. The predicted octanol–water partition coefficient (Wildman–Crippen LogP) is 5.17. The van der Waals surface area contributed by atoms with Crippen LogP contribution in [0.3, 0.4) is 0 Å². The summed E-state index contributed by atoms with van der Waals surface area (Å²) < 4.78 is 0. The van der Waals surface area contributed by atoms with Crippen molar-refractivity contribution in [2.45, 2.75) is 32.4 Å². The molecule has 1 aliphatic heterocycles. The van der Waals surface area contributed by atoms with Gasteiger partial charge in [0, 0.05) is 44.0 Å². The summed E-state index contributed by atoms with van der Waals surface area (Å²) in [6.45, 7) is 9.74. The molecule has 0 saturated carbocycles. The minimum absolute atomic E-state index is 0.330. The summed E-state index contributed by atoms with van der Waals surface area (Å²) >= 11 is 1.80. The van der Waals surface area contributed by atoms with E-state index >= 15 is 0 Å². The lowest BCUT2D eigenvalue weighted by atomic mass is 9.96. The smallest absolute Gasteiger partial charge is 0.0954 e. The standard InChI is InChI=1S/C24H29N3S/c1-19(2)24-25-22(18-28-24)17-26-13-15-27(16-14-26)23(20-9-5-3-6-10-20)21-11-7-4-8-12-21/h3-12,18-19,23H,13-17H2,1-2H3. The summed E-state index contributed by atoms with van der Waals surface area (Å²) in [5.41, 5.74) is 3.98. The Morgan fingerprint density at radius 2 is 1.43 bits per heavy atom. The van der Waals surface area contributed by atoms with Gasteiger partial charge in [0.1, 0.15) is 0 Å². The molecule has 28 heavy (non-hydrogen) atoms. The Hall–Kier alpha value is -2.01. The third-order valence-corrected chi connectivity index (χ3v) is 6.65. The number of benzene rings is 2. The van der Waals surface area contributed by atoms with Crippen LogP contribution >= 0.6 is 11.3 Å². The fourth-order valence-electron chi connectivity index (χ4n) is 3.95. The molecule has 0 bridgehead atoms. The van der Waals surface area contributed by atoms with Crippen molar-refractivity contribution in [2.24, 2.45) is 0 Å². The van der Waals surface area contributed by atoms with Gasteiger partial charge in [0.25, 0.3) is 0 Å². The summed E-state index contributed by atoms with van der Waals surface area (Å²) in [6.07, 6.45) is 0. The molecule has 1 aliphatic rings. The molecule has 1 fully saturated rings. The molecule has 0 atom stereocenters. The number of rotatable bonds is 6. The molecule has 0 unspecified atom stereocenters. The molecule has 3 nitrogen and oxygen atoms in total. The van der Waals surface area contributed by atoms with Gasteiger partial charge in [-0.3, -0.25) is 9.80 Å². The maximum atomic E-state index is 4.82. The lowest BCUT2D eigenvalue weighted by Crippen LogP contribution is -2.47. The van der Waals surface area contributed by atoms with Crippen molar-refractivity contribution in [3.05, 3.63) is 87.9 Å². The summed E-state index contributed by atoms with van der Waals surface area (Å²) in [5, 5.41) is 3.49. The van der Waals surface area contributed by atoms with Crippen LogP contribution in [0.4, 0.5) is 0 Å². The number of nitrogens with zero attached hydrogens (tertiary/aromatic N) is 3. The van der Waals surface area contributed by atoms with E-state index in [0.29, 0.717) is 12.0 Å². The highest BCUT2D eigenvalue weighted by molar-refractivity contribution is 7.09. The average molecular weight is 392 g/mol. The molecule has 146 valence electrons. The van der Waals surface area contributed by atoms with Crippen molar-refractivity contribution in [3.63, 3.8) is 0 Å². The van der Waals surface area contributed by atoms with E-state index in [1.165, 1.54) is 21.8 Å². The van der Waals surface area contributed by atoms with E-state index in [1.807, 2.05) is 0 Å². The topological polar surface area (TPSA) is 19.4 Å². The molecule has 0 radical (unpaired) electrons. The fraction of sp³-hybridized carbons (Fsp3) is 0.375. The van der Waals surface area contributed by atoms with Gasteiger partial charge in [-0.15, -0.1) is 11.3 Å². The normalized spacial score (nSPS) is 16.1. The van der Waals surface area contributed by atoms with Crippen molar-refractivity contribution in [2.75, 3.05) is 26.2 Å². The van der Waals surface area contributed by atoms with Crippen LogP contribution in [0.15, 0.2) is 66.0 Å². The Bertz CT molecular complexity index is 812. The highest BCUT2D eigenvalue weighted by Gasteiger charge is 2.26. The van der Waals surface area contributed by atoms with Crippen LogP contribution in [0.25, 0.3) is 0 Å². The molecule has 2 aromatic carbocycles. The number of hydrogen-bond acceptors (Lipinski definition) is 4. The molecule has 1 aromatic heterocycles. The Balaban J connectivity index is 1.44. The quantitative estimate of drug-likeness (QED) is 0.578. The van der Waals surface area contributed by atoms with Crippen LogP contribution in [0.1, 0.15) is 47.6 Å². The summed E-state index contributed by atoms with van der Waals surface area (Å²) in [7, 11) is 0. The van der Waals surface area contributed by atoms with E-state index < -0.39 is 0 Å². The third-order valence-electron chi connectivity index (χ3n) is 5.45. The Labute approximate surface area is 172 Å². The second-order valence-corrected chi connectivity index (χ2v) is 8.76. The SMILES string of the molecule is CC(C)c1nc(CN2CCN(C(c3ccccc3)c3ccccc3)CC2)cs1. The summed E-state index contributed by atoms with van der Waals surface area (Å²) in [4.78, 5) is 9.99. The van der Waals surface area contributed by atoms with E-state index in [0.717, 1.165) is 32.7 Å². The van der Waals surface area contributed by atoms with Gasteiger partial charge >= 0.3 is 0 Å². The van der Waals surface area contributed by atoms with Gasteiger partial charge in [0.2, 0.25) is 0 Å². The second-order valence-electron chi connectivity index (χ2n) is 7.87. The van der Waals surface area contributed by atoms with E-state index in [1.54, 1.807) is 11.3 Å². The van der Waals surface area contributed by atoms with E-state index in [2.05, 4.69) is 89.7 Å². The number of hydrogen-bond donors (Lipinski definition) is 0. The summed E-state index contributed by atoms with van der Waals surface area (Å²) in [6, 6.07) is 22.2. The zero-order valence-electron chi connectivity index (χ0n) is 16.8. The first kappa shape index (κ1) is 19.3. The number of piperazine rings is 1. The van der Waals surface area contributed by atoms with Crippen molar-refractivity contribution >= 4 is 11.3 Å². The number of aromatic nitrogens is 1. The Morgan fingerprint density at radius 1 is 0.857 bits per heavy atom. The van der Waals surface area contributed by atoms with Crippen molar-refractivity contribution in [1.82, 2.24) is 14.8 Å². The molecular formula is C24H29N3S. The van der Waals surface area contributed by atoms with Gasteiger partial charge in [-0.05, 0) is 11.1 Å². The van der Waals surface area contributed by atoms with Crippen LogP contribution in [-0.4, -0.2) is 41.0 Å². The first-order valence-electron chi connectivity index (χ1n) is 10.2. The van der Waals surface area contributed by atoms with Crippen LogP contribution in [0.2, 0.25) is 0 Å². The minimum atomic E-state index is 0.330. The Morgan fingerprint density at radius 3 is 1.93 bits per heavy atom. The zero-order valence-corrected chi connectivity index (χ0v) is 17.6. The highest BCUT2D eigenvalue weighted by Crippen LogP contribution is 2.29. The molecule has 2 heterocycles. The van der Waals surface area contributed by atoms with E-state index in [4.69, 9.17) is 4.98 Å². The number of thiazole rings is 1. The van der Waals surface area contributed by atoms with Crippen LogP contribution in [0, 0.1) is 0 Å². The van der Waals surface area contributed by atoms with E-state index in [-0.39, 0.29) is 0 Å². The maximum absolute atomic E-state index is 4.82. The minimum Gasteiger partial charge on any atom is -0.295 e. The van der Waals surface area contributed by atoms with Gasteiger partial charge in [-0.25, -0.2) is 4.98 Å². The molecule has 0 N–H and O–H groups in total. The van der Waals surface area contributed by atoms with Gasteiger partial charge in [0.15, 0.2) is 0 Å². The van der Waals surface area contributed by atoms with Crippen LogP contribution in [0.5, 0.6) is 0 Å². The van der Waals surface area contributed by atoms with Gasteiger partial charge in [-0.1, -0.05) is 74.5 Å². The molecule has 0 aliphatic carbocycles. The lowest BCUT2D eigenvalue weighted by Gasteiger charge is -2.39. The summed E-state index contributed by atoms with van der Waals surface area (Å²) in [5.74, 6) is 0.521. The van der Waals surface area contributed by atoms with Gasteiger partial charge < -0.3 is 0 Å². The monoisotopic (exact) mass is 391 g/mol. The first-order chi connectivity index (χ1) is 13.7. The van der Waals surface area contributed by atoms with Gasteiger partial charge in [-0.2, -0.15) is 0 Å². The van der Waals surface area contributed by atoms with Crippen LogP contribution in [-0.2, 0) is 6.54 Å². The van der Waals surface area contributed by atoms with Crippen molar-refractivity contribution in [1.29, 1.82) is 0 Å². The van der Waals surface area contributed by atoms with Crippen LogP contribution < -0.4 is 0 Å². The second kappa shape index (κ2) is 8.99. The maximum Gasteiger partial charge on any atom is 0.0954 e. The highest BCUT2D eigenvalue weighted by atomic mass is 32.1. The average Bonchev–Trinajstić information content (AvgIpc) is 3.20. The molecule has 4 heteroatoms. The molecule has 0 amide bonds. The molecule has 3 aromatic rings. The lowest BCUT2D eigenvalue weighted by molar-refractivity contribution is 0.104. The van der Waals surface area contributed by atoms with E-state index in [9.17, 15) is 0 Å². The molecule has 1 saturated heterocycles. The largest absolute Gasteiger partial charge is 0.295 e.